The van der Waals surface area contributed by atoms with Crippen LogP contribution < -0.4 is 10.5 Å². The van der Waals surface area contributed by atoms with Gasteiger partial charge in [0.05, 0.1) is 17.4 Å². The Morgan fingerprint density at radius 3 is 2.45 bits per heavy atom. The molecule has 3 heterocycles. The molecule has 1 fully saturated rings. The standard InChI is InChI=1S/C22H22ClN5O/c23-17-10-11-19-18(14-17)20(29)27(15-16-8-4-3-5-9-16)22-25-24-21(28(19)22)26-12-6-1-2-7-13-26/h3-5,8-11,14H,1-2,6-7,12-13,15H2. The van der Waals surface area contributed by atoms with Gasteiger partial charge in [-0.2, -0.15) is 0 Å². The molecule has 5 rings (SSSR count). The molecule has 148 valence electrons. The molecule has 1 saturated heterocycles. The summed E-state index contributed by atoms with van der Waals surface area (Å²) in [6.45, 7) is 2.34. The molecule has 0 amide bonds. The Balaban J connectivity index is 1.77. The van der Waals surface area contributed by atoms with Crippen molar-refractivity contribution in [1.82, 2.24) is 19.2 Å². The Kier molecular flexibility index (Phi) is 4.72. The first-order valence-electron chi connectivity index (χ1n) is 10.1. The lowest BCUT2D eigenvalue weighted by Gasteiger charge is -2.21. The van der Waals surface area contributed by atoms with Crippen LogP contribution in [0.25, 0.3) is 16.7 Å². The first kappa shape index (κ1) is 18.2. The minimum Gasteiger partial charge on any atom is -0.341 e. The van der Waals surface area contributed by atoms with E-state index < -0.39 is 0 Å². The third-order valence-corrected chi connectivity index (χ3v) is 5.85. The normalized spacial score (nSPS) is 15.1. The van der Waals surface area contributed by atoms with E-state index in [1.165, 1.54) is 12.8 Å². The smallest absolute Gasteiger partial charge is 0.263 e. The maximum absolute atomic E-state index is 13.3. The molecule has 0 spiro atoms. The van der Waals surface area contributed by atoms with Gasteiger partial charge in [0.2, 0.25) is 11.7 Å². The largest absolute Gasteiger partial charge is 0.341 e. The van der Waals surface area contributed by atoms with Gasteiger partial charge in [0, 0.05) is 18.1 Å². The maximum Gasteiger partial charge on any atom is 0.263 e. The number of hydrogen-bond acceptors (Lipinski definition) is 4. The van der Waals surface area contributed by atoms with Crippen molar-refractivity contribution >= 4 is 34.2 Å². The van der Waals surface area contributed by atoms with E-state index in [4.69, 9.17) is 11.6 Å². The van der Waals surface area contributed by atoms with Crippen LogP contribution in [0.1, 0.15) is 31.2 Å². The van der Waals surface area contributed by atoms with Crippen molar-refractivity contribution in [3.63, 3.8) is 0 Å². The summed E-state index contributed by atoms with van der Waals surface area (Å²) in [5.41, 5.74) is 1.73. The topological polar surface area (TPSA) is 55.4 Å². The molecule has 0 saturated carbocycles. The van der Waals surface area contributed by atoms with Crippen LogP contribution in [-0.2, 0) is 6.54 Å². The third kappa shape index (κ3) is 3.27. The summed E-state index contributed by atoms with van der Waals surface area (Å²) in [6, 6.07) is 15.4. The zero-order valence-corrected chi connectivity index (χ0v) is 16.8. The van der Waals surface area contributed by atoms with Crippen LogP contribution in [0.3, 0.4) is 0 Å². The van der Waals surface area contributed by atoms with E-state index in [0.717, 1.165) is 43.0 Å². The van der Waals surface area contributed by atoms with Crippen LogP contribution in [-0.4, -0.2) is 32.3 Å². The van der Waals surface area contributed by atoms with Gasteiger partial charge in [-0.25, -0.2) is 4.40 Å². The molecule has 0 radical (unpaired) electrons. The van der Waals surface area contributed by atoms with E-state index in [2.05, 4.69) is 15.1 Å². The van der Waals surface area contributed by atoms with Crippen molar-refractivity contribution in [2.75, 3.05) is 18.0 Å². The molecule has 0 N–H and O–H groups in total. The third-order valence-electron chi connectivity index (χ3n) is 5.62. The fourth-order valence-electron chi connectivity index (χ4n) is 4.15. The molecule has 29 heavy (non-hydrogen) atoms. The first-order valence-corrected chi connectivity index (χ1v) is 10.5. The molecule has 6 nitrogen and oxygen atoms in total. The van der Waals surface area contributed by atoms with E-state index in [1.54, 1.807) is 10.6 Å². The van der Waals surface area contributed by atoms with Gasteiger partial charge in [-0.15, -0.1) is 10.2 Å². The van der Waals surface area contributed by atoms with Crippen molar-refractivity contribution in [2.24, 2.45) is 0 Å². The second-order valence-corrected chi connectivity index (χ2v) is 8.01. The molecule has 7 heteroatoms. The SMILES string of the molecule is O=c1c2cc(Cl)ccc2n2c(N3CCCCCC3)nnc2n1Cc1ccccc1. The fraction of sp³-hybridized carbons (Fsp3) is 0.318. The highest BCUT2D eigenvalue weighted by Crippen LogP contribution is 2.24. The molecule has 0 atom stereocenters. The van der Waals surface area contributed by atoms with Gasteiger partial charge in [-0.05, 0) is 36.6 Å². The number of nitrogens with zero attached hydrogens (tertiary/aromatic N) is 5. The van der Waals surface area contributed by atoms with E-state index >= 15 is 0 Å². The van der Waals surface area contributed by atoms with Gasteiger partial charge in [-0.1, -0.05) is 54.8 Å². The molecular weight excluding hydrogens is 386 g/mol. The average Bonchev–Trinajstić information content (AvgIpc) is 2.99. The molecule has 0 aliphatic carbocycles. The Morgan fingerprint density at radius 1 is 0.931 bits per heavy atom. The summed E-state index contributed by atoms with van der Waals surface area (Å²) < 4.78 is 3.71. The Morgan fingerprint density at radius 2 is 1.69 bits per heavy atom. The first-order chi connectivity index (χ1) is 14.2. The zero-order chi connectivity index (χ0) is 19.8. The number of benzene rings is 2. The second kappa shape index (κ2) is 7.52. The second-order valence-electron chi connectivity index (χ2n) is 7.58. The molecule has 0 unspecified atom stereocenters. The zero-order valence-electron chi connectivity index (χ0n) is 16.1. The van der Waals surface area contributed by atoms with Crippen molar-refractivity contribution in [1.29, 1.82) is 0 Å². The lowest BCUT2D eigenvalue weighted by atomic mass is 10.2. The van der Waals surface area contributed by atoms with Crippen molar-refractivity contribution in [2.45, 2.75) is 32.2 Å². The van der Waals surface area contributed by atoms with Gasteiger partial charge < -0.3 is 4.90 Å². The summed E-state index contributed by atoms with van der Waals surface area (Å²) in [5.74, 6) is 1.36. The fourth-order valence-corrected chi connectivity index (χ4v) is 4.33. The minimum absolute atomic E-state index is 0.103. The summed E-state index contributed by atoms with van der Waals surface area (Å²) in [5, 5.41) is 10.1. The van der Waals surface area contributed by atoms with Crippen LogP contribution in [0.2, 0.25) is 5.02 Å². The Labute approximate surface area is 173 Å². The van der Waals surface area contributed by atoms with E-state index in [9.17, 15) is 4.79 Å². The summed E-state index contributed by atoms with van der Waals surface area (Å²) in [7, 11) is 0. The van der Waals surface area contributed by atoms with Gasteiger partial charge in [0.15, 0.2) is 0 Å². The number of anilines is 1. The summed E-state index contributed by atoms with van der Waals surface area (Å²) >= 11 is 6.24. The van der Waals surface area contributed by atoms with Gasteiger partial charge in [-0.3, -0.25) is 9.36 Å². The highest BCUT2D eigenvalue weighted by atomic mass is 35.5. The monoisotopic (exact) mass is 407 g/mol. The van der Waals surface area contributed by atoms with Gasteiger partial charge in [0.25, 0.3) is 5.56 Å². The number of hydrogen-bond donors (Lipinski definition) is 0. The van der Waals surface area contributed by atoms with Gasteiger partial charge >= 0.3 is 0 Å². The van der Waals surface area contributed by atoms with E-state index in [-0.39, 0.29) is 5.56 Å². The van der Waals surface area contributed by atoms with Crippen LogP contribution in [0.15, 0.2) is 53.3 Å². The predicted molar refractivity (Wildman–Crippen MR) is 116 cm³/mol. The Bertz CT molecular complexity index is 1220. The highest BCUT2D eigenvalue weighted by molar-refractivity contribution is 6.31. The van der Waals surface area contributed by atoms with Crippen LogP contribution in [0.5, 0.6) is 0 Å². The lowest BCUT2D eigenvalue weighted by Crippen LogP contribution is -2.28. The van der Waals surface area contributed by atoms with Crippen molar-refractivity contribution < 1.29 is 0 Å². The molecular formula is C22H22ClN5O. The van der Waals surface area contributed by atoms with Crippen LogP contribution in [0.4, 0.5) is 5.95 Å². The molecule has 1 aliphatic rings. The van der Waals surface area contributed by atoms with Crippen molar-refractivity contribution in [3.05, 3.63) is 69.5 Å². The quantitative estimate of drug-likeness (QED) is 0.512. The number of halogens is 1. The molecule has 2 aromatic heterocycles. The number of rotatable bonds is 3. The van der Waals surface area contributed by atoms with Gasteiger partial charge in [0.1, 0.15) is 0 Å². The summed E-state index contributed by atoms with van der Waals surface area (Å²) in [4.78, 5) is 15.6. The molecule has 2 aromatic carbocycles. The molecule has 4 aromatic rings. The lowest BCUT2D eigenvalue weighted by molar-refractivity contribution is 0.726. The van der Waals surface area contributed by atoms with Crippen molar-refractivity contribution in [3.8, 4) is 0 Å². The minimum atomic E-state index is -0.103. The predicted octanol–water partition coefficient (Wildman–Crippen LogP) is 4.13. The maximum atomic E-state index is 13.3. The Hall–Kier alpha value is -2.86. The number of aromatic nitrogens is 4. The van der Waals surface area contributed by atoms with Crippen LogP contribution in [0, 0.1) is 0 Å². The molecule has 0 bridgehead atoms. The van der Waals surface area contributed by atoms with E-state index in [0.29, 0.717) is 22.7 Å². The summed E-state index contributed by atoms with van der Waals surface area (Å²) in [6.07, 6.45) is 4.76. The van der Waals surface area contributed by atoms with Crippen LogP contribution >= 0.6 is 11.6 Å². The molecule has 1 aliphatic heterocycles. The highest BCUT2D eigenvalue weighted by Gasteiger charge is 2.21. The average molecular weight is 408 g/mol. The number of fused-ring (bicyclic) bond motifs is 3. The van der Waals surface area contributed by atoms with E-state index in [1.807, 2.05) is 46.9 Å².